The second-order valence-corrected chi connectivity index (χ2v) is 10.0. The van der Waals surface area contributed by atoms with Crippen molar-refractivity contribution in [1.29, 1.82) is 0 Å². The van der Waals surface area contributed by atoms with Gasteiger partial charge in [0.2, 0.25) is 0 Å². The number of carbonyl (C=O) groups is 1. The van der Waals surface area contributed by atoms with Crippen LogP contribution in [0.2, 0.25) is 5.02 Å². The lowest BCUT2D eigenvalue weighted by Crippen LogP contribution is -2.24. The zero-order valence-electron chi connectivity index (χ0n) is 21.8. The van der Waals surface area contributed by atoms with E-state index in [4.69, 9.17) is 21.3 Å². The van der Waals surface area contributed by atoms with Gasteiger partial charge in [-0.3, -0.25) is 4.79 Å². The highest BCUT2D eigenvalue weighted by atomic mass is 35.5. The number of nitrogens with zero attached hydrogens (tertiary/aromatic N) is 2. The number of halogens is 1. The molecule has 5 nitrogen and oxygen atoms in total. The molecule has 3 aromatic carbocycles. The fraction of sp³-hybridized carbons (Fsp3) is 0.355. The van der Waals surface area contributed by atoms with E-state index in [-0.39, 0.29) is 5.91 Å². The van der Waals surface area contributed by atoms with E-state index >= 15 is 0 Å². The number of benzene rings is 3. The van der Waals surface area contributed by atoms with Gasteiger partial charge in [-0.2, -0.15) is 0 Å². The maximum Gasteiger partial charge on any atom is 0.252 e. The van der Waals surface area contributed by atoms with Gasteiger partial charge in [-0.25, -0.2) is 4.98 Å². The summed E-state index contributed by atoms with van der Waals surface area (Å²) in [5.41, 5.74) is 3.98. The normalized spacial score (nSPS) is 11.2. The first-order valence-electron chi connectivity index (χ1n) is 13.2. The van der Waals surface area contributed by atoms with E-state index in [9.17, 15) is 4.79 Å². The summed E-state index contributed by atoms with van der Waals surface area (Å²) in [6, 6.07) is 23.8. The number of carbonyl (C=O) groups excluding carboxylic acids is 1. The smallest absolute Gasteiger partial charge is 0.252 e. The average molecular weight is 518 g/mol. The SMILES string of the molecule is CC(C)c1ccccc1OCCCn1c(CCCCCNC(=O)c2ccccc2Cl)nc2ccccc21. The van der Waals surface area contributed by atoms with E-state index in [1.54, 1.807) is 12.1 Å². The molecule has 0 fully saturated rings. The van der Waals surface area contributed by atoms with Gasteiger partial charge < -0.3 is 14.6 Å². The number of fused-ring (bicyclic) bond motifs is 1. The fourth-order valence-corrected chi connectivity index (χ4v) is 4.81. The first kappa shape index (κ1) is 26.7. The Labute approximate surface area is 224 Å². The lowest BCUT2D eigenvalue weighted by atomic mass is 10.0. The standard InChI is InChI=1S/C31H36ClN3O2/c1-23(2)24-13-6-10-18-29(24)37-22-12-21-35-28-17-9-8-16-27(28)34-30(35)19-4-3-11-20-33-31(36)25-14-5-7-15-26(25)32/h5-10,13-18,23H,3-4,11-12,19-22H2,1-2H3,(H,33,36). The summed E-state index contributed by atoms with van der Waals surface area (Å²) in [6.45, 7) is 6.56. The molecule has 0 spiro atoms. The predicted molar refractivity (Wildman–Crippen MR) is 152 cm³/mol. The third-order valence-electron chi connectivity index (χ3n) is 6.54. The van der Waals surface area contributed by atoms with Crippen molar-refractivity contribution in [3.05, 3.63) is 94.8 Å². The predicted octanol–water partition coefficient (Wildman–Crippen LogP) is 7.43. The number of unbranched alkanes of at least 4 members (excludes halogenated alkanes) is 2. The number of hydrogen-bond donors (Lipinski definition) is 1. The van der Waals surface area contributed by atoms with E-state index in [1.165, 1.54) is 11.1 Å². The van der Waals surface area contributed by atoms with Gasteiger partial charge in [0.15, 0.2) is 0 Å². The molecular weight excluding hydrogens is 482 g/mol. The van der Waals surface area contributed by atoms with Crippen molar-refractivity contribution in [2.45, 2.75) is 58.4 Å². The third kappa shape index (κ3) is 7.14. The monoisotopic (exact) mass is 517 g/mol. The van der Waals surface area contributed by atoms with Gasteiger partial charge >= 0.3 is 0 Å². The van der Waals surface area contributed by atoms with Crippen LogP contribution in [0.1, 0.15) is 67.2 Å². The van der Waals surface area contributed by atoms with E-state index in [0.717, 1.165) is 55.7 Å². The minimum absolute atomic E-state index is 0.120. The van der Waals surface area contributed by atoms with E-state index in [0.29, 0.717) is 29.7 Å². The molecular formula is C31H36ClN3O2. The molecule has 4 rings (SSSR count). The average Bonchev–Trinajstić information content (AvgIpc) is 3.26. The van der Waals surface area contributed by atoms with Crippen molar-refractivity contribution in [2.75, 3.05) is 13.2 Å². The topological polar surface area (TPSA) is 56.1 Å². The van der Waals surface area contributed by atoms with Crippen LogP contribution >= 0.6 is 11.6 Å². The molecule has 1 aromatic heterocycles. The van der Waals surface area contributed by atoms with Crippen molar-refractivity contribution >= 4 is 28.5 Å². The van der Waals surface area contributed by atoms with Crippen LogP contribution in [-0.2, 0) is 13.0 Å². The molecule has 4 aromatic rings. The van der Waals surface area contributed by atoms with Gasteiger partial charge in [0.25, 0.3) is 5.91 Å². The summed E-state index contributed by atoms with van der Waals surface area (Å²) < 4.78 is 8.50. The van der Waals surface area contributed by atoms with Crippen LogP contribution in [0.5, 0.6) is 5.75 Å². The van der Waals surface area contributed by atoms with Crippen molar-refractivity contribution in [3.63, 3.8) is 0 Å². The van der Waals surface area contributed by atoms with Gasteiger partial charge in [0, 0.05) is 19.5 Å². The summed E-state index contributed by atoms with van der Waals surface area (Å²) in [7, 11) is 0. The number of amides is 1. The number of imidazole rings is 1. The summed E-state index contributed by atoms with van der Waals surface area (Å²) in [5.74, 6) is 2.41. The summed E-state index contributed by atoms with van der Waals surface area (Å²) in [5, 5.41) is 3.45. The van der Waals surface area contributed by atoms with Gasteiger partial charge in [0.1, 0.15) is 11.6 Å². The van der Waals surface area contributed by atoms with E-state index in [1.807, 2.05) is 24.3 Å². The van der Waals surface area contributed by atoms with Crippen LogP contribution in [0, 0.1) is 0 Å². The maximum absolute atomic E-state index is 12.3. The number of para-hydroxylation sites is 3. The summed E-state index contributed by atoms with van der Waals surface area (Å²) >= 11 is 6.12. The molecule has 1 N–H and O–H groups in total. The van der Waals surface area contributed by atoms with E-state index in [2.05, 4.69) is 60.1 Å². The van der Waals surface area contributed by atoms with E-state index < -0.39 is 0 Å². The molecule has 0 bridgehead atoms. The molecule has 0 unspecified atom stereocenters. The molecule has 0 aliphatic heterocycles. The first-order valence-corrected chi connectivity index (χ1v) is 13.6. The van der Waals surface area contributed by atoms with Gasteiger partial charge in [-0.15, -0.1) is 0 Å². The fourth-order valence-electron chi connectivity index (χ4n) is 4.59. The van der Waals surface area contributed by atoms with Gasteiger partial charge in [-0.05, 0) is 61.1 Å². The number of rotatable bonds is 13. The van der Waals surface area contributed by atoms with Crippen molar-refractivity contribution in [1.82, 2.24) is 14.9 Å². The Balaban J connectivity index is 1.27. The molecule has 194 valence electrons. The quantitative estimate of drug-likeness (QED) is 0.188. The number of aromatic nitrogens is 2. The van der Waals surface area contributed by atoms with Crippen molar-refractivity contribution in [3.8, 4) is 5.75 Å². The van der Waals surface area contributed by atoms with Gasteiger partial charge in [-0.1, -0.05) is 74.3 Å². The summed E-state index contributed by atoms with van der Waals surface area (Å²) in [6.07, 6.45) is 4.77. The summed E-state index contributed by atoms with van der Waals surface area (Å²) in [4.78, 5) is 17.2. The zero-order chi connectivity index (χ0) is 26.0. The molecule has 0 atom stereocenters. The molecule has 37 heavy (non-hydrogen) atoms. The Kier molecular flexibility index (Phi) is 9.61. The number of nitrogens with one attached hydrogen (secondary N) is 1. The molecule has 6 heteroatoms. The molecule has 0 aliphatic carbocycles. The van der Waals surface area contributed by atoms with Crippen LogP contribution in [0.4, 0.5) is 0 Å². The Morgan fingerprint density at radius 1 is 0.946 bits per heavy atom. The Morgan fingerprint density at radius 2 is 1.70 bits per heavy atom. The molecule has 0 aliphatic rings. The van der Waals surface area contributed by atoms with Crippen LogP contribution in [0.25, 0.3) is 11.0 Å². The first-order chi connectivity index (χ1) is 18.0. The highest BCUT2D eigenvalue weighted by Crippen LogP contribution is 2.26. The highest BCUT2D eigenvalue weighted by Gasteiger charge is 2.12. The minimum atomic E-state index is -0.120. The van der Waals surface area contributed by atoms with Crippen molar-refractivity contribution < 1.29 is 9.53 Å². The second-order valence-electron chi connectivity index (χ2n) is 9.61. The zero-order valence-corrected chi connectivity index (χ0v) is 22.5. The van der Waals surface area contributed by atoms with Gasteiger partial charge in [0.05, 0.1) is 28.2 Å². The largest absolute Gasteiger partial charge is 0.493 e. The Hall–Kier alpha value is -3.31. The van der Waals surface area contributed by atoms with Crippen LogP contribution < -0.4 is 10.1 Å². The highest BCUT2D eigenvalue weighted by molar-refractivity contribution is 6.33. The third-order valence-corrected chi connectivity index (χ3v) is 6.87. The second kappa shape index (κ2) is 13.3. The number of hydrogen-bond acceptors (Lipinski definition) is 3. The molecule has 0 radical (unpaired) electrons. The molecule has 1 amide bonds. The number of ether oxygens (including phenoxy) is 1. The molecule has 1 heterocycles. The Bertz CT molecular complexity index is 1310. The molecule has 0 saturated heterocycles. The van der Waals surface area contributed by atoms with Crippen LogP contribution in [-0.4, -0.2) is 28.6 Å². The lowest BCUT2D eigenvalue weighted by Gasteiger charge is -2.14. The molecule has 0 saturated carbocycles. The maximum atomic E-state index is 12.3. The van der Waals surface area contributed by atoms with Crippen LogP contribution in [0.3, 0.4) is 0 Å². The minimum Gasteiger partial charge on any atom is -0.493 e. The lowest BCUT2D eigenvalue weighted by molar-refractivity contribution is 0.0953. The van der Waals surface area contributed by atoms with Crippen molar-refractivity contribution in [2.24, 2.45) is 0 Å². The Morgan fingerprint density at radius 3 is 2.54 bits per heavy atom. The number of aryl methyl sites for hydroxylation is 2. The van der Waals surface area contributed by atoms with Crippen LogP contribution in [0.15, 0.2) is 72.8 Å².